The van der Waals surface area contributed by atoms with E-state index >= 15 is 0 Å². The lowest BCUT2D eigenvalue weighted by molar-refractivity contribution is -0.134. The number of nitrogens with one attached hydrogen (secondary N) is 3. The number of rotatable bonds is 6. The quantitative estimate of drug-likeness (QED) is 0.688. The maximum atomic E-state index is 12.7. The fraction of sp³-hybridized carbons (Fsp3) is 0.579. The smallest absolute Gasteiger partial charge is 0.227 e. The molecule has 2 amide bonds. The van der Waals surface area contributed by atoms with Crippen LogP contribution >= 0.6 is 0 Å². The van der Waals surface area contributed by atoms with Gasteiger partial charge in [-0.3, -0.25) is 9.59 Å². The molecular formula is C19H27N3O3. The summed E-state index contributed by atoms with van der Waals surface area (Å²) in [5.74, 6) is 1.20. The summed E-state index contributed by atoms with van der Waals surface area (Å²) in [6.07, 6.45) is 4.50. The molecule has 2 atom stereocenters. The van der Waals surface area contributed by atoms with Crippen molar-refractivity contribution in [2.24, 2.45) is 11.3 Å². The van der Waals surface area contributed by atoms with E-state index in [1.165, 1.54) is 13.3 Å². The van der Waals surface area contributed by atoms with Crippen LogP contribution < -0.4 is 20.7 Å². The average Bonchev–Trinajstić information content (AvgIpc) is 3.03. The van der Waals surface area contributed by atoms with Gasteiger partial charge in [-0.2, -0.15) is 0 Å². The SMILES string of the molecule is CC(=O)Nc1cccc(OCCNC(=O)[C@@]23CCCC[C@H]2CNC3)c1. The van der Waals surface area contributed by atoms with Gasteiger partial charge in [0.2, 0.25) is 11.8 Å². The highest BCUT2D eigenvalue weighted by Crippen LogP contribution is 2.43. The monoisotopic (exact) mass is 345 g/mol. The molecule has 1 aromatic rings. The zero-order valence-corrected chi connectivity index (χ0v) is 14.8. The van der Waals surface area contributed by atoms with Crippen molar-refractivity contribution in [3.05, 3.63) is 24.3 Å². The second-order valence-electron chi connectivity index (χ2n) is 7.04. The summed E-state index contributed by atoms with van der Waals surface area (Å²) in [5, 5.41) is 9.18. The zero-order chi connectivity index (χ0) is 17.7. The van der Waals surface area contributed by atoms with E-state index in [0.29, 0.717) is 30.5 Å². The van der Waals surface area contributed by atoms with E-state index in [-0.39, 0.29) is 17.2 Å². The third kappa shape index (κ3) is 4.12. The first kappa shape index (κ1) is 17.7. The van der Waals surface area contributed by atoms with Gasteiger partial charge in [0.1, 0.15) is 12.4 Å². The Hall–Kier alpha value is -2.08. The number of fused-ring (bicyclic) bond motifs is 1. The molecule has 0 radical (unpaired) electrons. The highest BCUT2D eigenvalue weighted by atomic mass is 16.5. The molecule has 0 bridgehead atoms. The molecule has 1 aromatic carbocycles. The van der Waals surface area contributed by atoms with E-state index in [2.05, 4.69) is 16.0 Å². The molecule has 1 saturated carbocycles. The van der Waals surface area contributed by atoms with Gasteiger partial charge in [-0.1, -0.05) is 18.9 Å². The number of anilines is 1. The van der Waals surface area contributed by atoms with Gasteiger partial charge in [0.25, 0.3) is 0 Å². The molecule has 1 heterocycles. The number of hydrogen-bond acceptors (Lipinski definition) is 4. The molecule has 6 nitrogen and oxygen atoms in total. The van der Waals surface area contributed by atoms with Crippen molar-refractivity contribution in [2.45, 2.75) is 32.6 Å². The summed E-state index contributed by atoms with van der Waals surface area (Å²) in [6, 6.07) is 7.25. The lowest BCUT2D eigenvalue weighted by Crippen LogP contribution is -2.48. The third-order valence-corrected chi connectivity index (χ3v) is 5.30. The van der Waals surface area contributed by atoms with Crippen LogP contribution in [0.3, 0.4) is 0 Å². The van der Waals surface area contributed by atoms with Gasteiger partial charge in [0.05, 0.1) is 12.0 Å². The first-order valence-corrected chi connectivity index (χ1v) is 9.10. The van der Waals surface area contributed by atoms with E-state index in [4.69, 9.17) is 4.74 Å². The molecule has 0 aromatic heterocycles. The fourth-order valence-corrected chi connectivity index (χ4v) is 4.07. The standard InChI is InChI=1S/C19H27N3O3/c1-14(23)22-16-6-4-7-17(11-16)25-10-9-21-18(24)19-8-3-2-5-15(19)12-20-13-19/h4,6-7,11,15,20H,2-3,5,8-10,12-13H2,1H3,(H,21,24)(H,22,23)/t15-,19+/m0/s1. The van der Waals surface area contributed by atoms with Gasteiger partial charge in [-0.15, -0.1) is 0 Å². The van der Waals surface area contributed by atoms with Crippen LogP contribution in [0.15, 0.2) is 24.3 Å². The molecule has 136 valence electrons. The summed E-state index contributed by atoms with van der Waals surface area (Å²) in [7, 11) is 0. The summed E-state index contributed by atoms with van der Waals surface area (Å²) in [4.78, 5) is 23.8. The molecule has 6 heteroatoms. The zero-order valence-electron chi connectivity index (χ0n) is 14.8. The Bertz CT molecular complexity index is 634. The normalized spacial score (nSPS) is 25.1. The Kier molecular flexibility index (Phi) is 5.58. The van der Waals surface area contributed by atoms with Crippen LogP contribution in [0.2, 0.25) is 0 Å². The van der Waals surface area contributed by atoms with Crippen LogP contribution in [0.4, 0.5) is 5.69 Å². The number of amides is 2. The van der Waals surface area contributed by atoms with E-state index in [9.17, 15) is 9.59 Å². The van der Waals surface area contributed by atoms with Gasteiger partial charge < -0.3 is 20.7 Å². The molecule has 3 N–H and O–H groups in total. The maximum absolute atomic E-state index is 12.7. The second kappa shape index (κ2) is 7.87. The van der Waals surface area contributed by atoms with Gasteiger partial charge in [-0.05, 0) is 37.4 Å². The van der Waals surface area contributed by atoms with Crippen molar-refractivity contribution in [3.8, 4) is 5.75 Å². The third-order valence-electron chi connectivity index (χ3n) is 5.30. The minimum atomic E-state index is -0.219. The Labute approximate surface area is 148 Å². The molecule has 1 aliphatic heterocycles. The largest absolute Gasteiger partial charge is 0.492 e. The molecule has 25 heavy (non-hydrogen) atoms. The lowest BCUT2D eigenvalue weighted by atomic mass is 9.67. The van der Waals surface area contributed by atoms with Crippen LogP contribution in [-0.4, -0.2) is 38.1 Å². The number of ether oxygens (including phenoxy) is 1. The minimum Gasteiger partial charge on any atom is -0.492 e. The molecule has 1 aliphatic carbocycles. The van der Waals surface area contributed by atoms with Crippen molar-refractivity contribution in [3.63, 3.8) is 0 Å². The number of carbonyl (C=O) groups excluding carboxylic acids is 2. The first-order chi connectivity index (χ1) is 12.1. The van der Waals surface area contributed by atoms with Crippen LogP contribution in [0.5, 0.6) is 5.75 Å². The number of carbonyl (C=O) groups is 2. The van der Waals surface area contributed by atoms with Crippen molar-refractivity contribution in [1.29, 1.82) is 0 Å². The molecule has 1 saturated heterocycles. The van der Waals surface area contributed by atoms with Crippen LogP contribution in [-0.2, 0) is 9.59 Å². The molecule has 0 unspecified atom stereocenters. The molecule has 2 aliphatic rings. The molecular weight excluding hydrogens is 318 g/mol. The van der Waals surface area contributed by atoms with E-state index < -0.39 is 0 Å². The van der Waals surface area contributed by atoms with Gasteiger partial charge >= 0.3 is 0 Å². The average molecular weight is 345 g/mol. The van der Waals surface area contributed by atoms with Gasteiger partial charge in [0, 0.05) is 25.2 Å². The van der Waals surface area contributed by atoms with Crippen molar-refractivity contribution < 1.29 is 14.3 Å². The molecule has 2 fully saturated rings. The summed E-state index contributed by atoms with van der Waals surface area (Å²) < 4.78 is 5.69. The van der Waals surface area contributed by atoms with Crippen LogP contribution in [0, 0.1) is 11.3 Å². The Balaban J connectivity index is 1.47. The minimum absolute atomic E-state index is 0.115. The number of hydrogen-bond donors (Lipinski definition) is 3. The van der Waals surface area contributed by atoms with Crippen molar-refractivity contribution >= 4 is 17.5 Å². The van der Waals surface area contributed by atoms with E-state index in [1.54, 1.807) is 6.07 Å². The Morgan fingerprint density at radius 3 is 3.08 bits per heavy atom. The van der Waals surface area contributed by atoms with E-state index in [0.717, 1.165) is 32.4 Å². The predicted octanol–water partition coefficient (Wildman–Crippen LogP) is 1.92. The number of benzene rings is 1. The Morgan fingerprint density at radius 2 is 2.24 bits per heavy atom. The van der Waals surface area contributed by atoms with E-state index in [1.807, 2.05) is 18.2 Å². The maximum Gasteiger partial charge on any atom is 0.227 e. The highest BCUT2D eigenvalue weighted by molar-refractivity contribution is 5.88. The Morgan fingerprint density at radius 1 is 1.36 bits per heavy atom. The van der Waals surface area contributed by atoms with Crippen molar-refractivity contribution in [2.75, 3.05) is 31.6 Å². The predicted molar refractivity (Wildman–Crippen MR) is 96.5 cm³/mol. The lowest BCUT2D eigenvalue weighted by Gasteiger charge is -2.37. The topological polar surface area (TPSA) is 79.5 Å². The highest BCUT2D eigenvalue weighted by Gasteiger charge is 2.49. The summed E-state index contributed by atoms with van der Waals surface area (Å²) >= 11 is 0. The van der Waals surface area contributed by atoms with Gasteiger partial charge in [-0.25, -0.2) is 0 Å². The fourth-order valence-electron chi connectivity index (χ4n) is 4.07. The van der Waals surface area contributed by atoms with Crippen LogP contribution in [0.1, 0.15) is 32.6 Å². The molecule has 3 rings (SSSR count). The van der Waals surface area contributed by atoms with Crippen LogP contribution in [0.25, 0.3) is 0 Å². The molecule has 0 spiro atoms. The van der Waals surface area contributed by atoms with Crippen molar-refractivity contribution in [1.82, 2.24) is 10.6 Å². The second-order valence-corrected chi connectivity index (χ2v) is 7.04. The summed E-state index contributed by atoms with van der Waals surface area (Å²) in [6.45, 7) is 4.11. The van der Waals surface area contributed by atoms with Gasteiger partial charge in [0.15, 0.2) is 0 Å². The summed E-state index contributed by atoms with van der Waals surface area (Å²) in [5.41, 5.74) is 0.485. The first-order valence-electron chi connectivity index (χ1n) is 9.10.